The molecule has 11 heteroatoms. The number of hydrogen-bond donors (Lipinski definition) is 1. The number of rotatable bonds is 11. The van der Waals surface area contributed by atoms with Crippen molar-refractivity contribution in [3.05, 3.63) is 34.3 Å². The summed E-state index contributed by atoms with van der Waals surface area (Å²) in [6.07, 6.45) is 0. The van der Waals surface area contributed by atoms with E-state index in [9.17, 15) is 9.59 Å². The molecule has 1 unspecified atom stereocenters. The first-order valence-electron chi connectivity index (χ1n) is 9.99. The van der Waals surface area contributed by atoms with E-state index in [0.717, 1.165) is 0 Å². The van der Waals surface area contributed by atoms with Crippen molar-refractivity contribution >= 4 is 46.3 Å². The van der Waals surface area contributed by atoms with Gasteiger partial charge in [-0.1, -0.05) is 23.2 Å². The molecule has 0 saturated carbocycles. The number of nitrogens with zero attached hydrogens (tertiary/aromatic N) is 2. The number of carbonyl (C=O) groups excluding carboxylic acids is 2. The molecule has 0 aliphatic carbocycles. The number of amides is 1. The number of methoxy groups -OCH3 is 2. The molecule has 0 saturated heterocycles. The number of nitrogens with one attached hydrogen (secondary N) is 1. The third-order valence-corrected chi connectivity index (χ3v) is 4.87. The van der Waals surface area contributed by atoms with Crippen LogP contribution in [0.1, 0.15) is 20.8 Å². The van der Waals surface area contributed by atoms with Gasteiger partial charge in [0.2, 0.25) is 6.04 Å². The highest BCUT2D eigenvalue weighted by Crippen LogP contribution is 2.43. The number of anilines is 1. The number of halogens is 2. The number of ether oxygens (including phenoxy) is 4. The van der Waals surface area contributed by atoms with E-state index >= 15 is 0 Å². The zero-order chi connectivity index (χ0) is 24.5. The van der Waals surface area contributed by atoms with Gasteiger partial charge >= 0.3 is 0 Å². The largest absolute Gasteiger partial charge is 0.495 e. The minimum absolute atomic E-state index is 0.147. The Hall–Kier alpha value is -3.04. The van der Waals surface area contributed by atoms with E-state index in [1.807, 2.05) is 6.92 Å². The standard InChI is InChI=1S/C22H25Cl2N3O6/c1-6-32-16-9-8-13(23)20(21(16)33-7-2)27-26-19(12(3)28)22(29)25-15-11-17(30-4)14(24)10-18(15)31-5/h8-11,19H,6-7H2,1-5H3,(H,25,29). The molecule has 0 fully saturated rings. The smallest absolute Gasteiger partial charge is 0.258 e. The Bertz CT molecular complexity index is 1050. The van der Waals surface area contributed by atoms with E-state index in [-0.39, 0.29) is 27.9 Å². The molecule has 0 aliphatic heterocycles. The zero-order valence-electron chi connectivity index (χ0n) is 18.9. The van der Waals surface area contributed by atoms with Crippen LogP contribution < -0.4 is 24.3 Å². The second-order valence-electron chi connectivity index (χ2n) is 6.49. The quantitative estimate of drug-likeness (QED) is 0.324. The maximum atomic E-state index is 12.9. The van der Waals surface area contributed by atoms with Crippen LogP contribution in [0.5, 0.6) is 23.0 Å². The summed E-state index contributed by atoms with van der Waals surface area (Å²) >= 11 is 12.4. The first kappa shape index (κ1) is 26.2. The average molecular weight is 498 g/mol. The summed E-state index contributed by atoms with van der Waals surface area (Å²) in [4.78, 5) is 25.1. The van der Waals surface area contributed by atoms with Gasteiger partial charge in [-0.2, -0.15) is 5.11 Å². The second-order valence-corrected chi connectivity index (χ2v) is 7.31. The molecule has 33 heavy (non-hydrogen) atoms. The molecule has 0 aliphatic rings. The lowest BCUT2D eigenvalue weighted by molar-refractivity contribution is -0.126. The Morgan fingerprint density at radius 3 is 2.21 bits per heavy atom. The van der Waals surface area contributed by atoms with Crippen LogP contribution in [0.4, 0.5) is 11.4 Å². The number of carbonyl (C=O) groups is 2. The lowest BCUT2D eigenvalue weighted by Gasteiger charge is -2.15. The van der Waals surface area contributed by atoms with E-state index in [1.165, 1.54) is 33.3 Å². The molecule has 2 aromatic rings. The Morgan fingerprint density at radius 1 is 0.970 bits per heavy atom. The summed E-state index contributed by atoms with van der Waals surface area (Å²) in [5.74, 6) is 0.00577. The summed E-state index contributed by atoms with van der Waals surface area (Å²) < 4.78 is 21.6. The van der Waals surface area contributed by atoms with Gasteiger partial charge in [-0.15, -0.1) is 5.11 Å². The third-order valence-electron chi connectivity index (χ3n) is 4.27. The van der Waals surface area contributed by atoms with Crippen LogP contribution in [0.15, 0.2) is 34.5 Å². The SMILES string of the molecule is CCOc1ccc(Cl)c(N=NC(C(C)=O)C(=O)Nc2cc(OC)c(Cl)cc2OC)c1OCC. The van der Waals surface area contributed by atoms with Gasteiger partial charge in [0.1, 0.15) is 17.2 Å². The summed E-state index contributed by atoms with van der Waals surface area (Å²) in [5, 5.41) is 11.1. The average Bonchev–Trinajstić information content (AvgIpc) is 2.78. The number of benzene rings is 2. The van der Waals surface area contributed by atoms with Crippen molar-refractivity contribution in [2.75, 3.05) is 32.8 Å². The predicted molar refractivity (Wildman–Crippen MR) is 126 cm³/mol. The van der Waals surface area contributed by atoms with Crippen molar-refractivity contribution in [1.82, 2.24) is 0 Å². The maximum Gasteiger partial charge on any atom is 0.258 e. The molecule has 1 N–H and O–H groups in total. The van der Waals surface area contributed by atoms with Crippen molar-refractivity contribution in [2.24, 2.45) is 10.2 Å². The van der Waals surface area contributed by atoms with Crippen LogP contribution in [0.3, 0.4) is 0 Å². The van der Waals surface area contributed by atoms with Crippen LogP contribution in [-0.4, -0.2) is 45.2 Å². The van der Waals surface area contributed by atoms with Crippen LogP contribution in [0.2, 0.25) is 10.0 Å². The molecule has 2 rings (SSSR count). The highest BCUT2D eigenvalue weighted by atomic mass is 35.5. The molecule has 0 spiro atoms. The molecule has 178 valence electrons. The molecule has 0 radical (unpaired) electrons. The summed E-state index contributed by atoms with van der Waals surface area (Å²) in [6, 6.07) is 4.71. The van der Waals surface area contributed by atoms with Crippen LogP contribution >= 0.6 is 23.2 Å². The van der Waals surface area contributed by atoms with Crippen LogP contribution in [0, 0.1) is 0 Å². The molecule has 2 aromatic carbocycles. The van der Waals surface area contributed by atoms with E-state index in [1.54, 1.807) is 19.1 Å². The fourth-order valence-corrected chi connectivity index (χ4v) is 3.19. The van der Waals surface area contributed by atoms with Gasteiger partial charge in [0.15, 0.2) is 17.3 Å². The highest BCUT2D eigenvalue weighted by Gasteiger charge is 2.26. The second kappa shape index (κ2) is 12.3. The lowest BCUT2D eigenvalue weighted by atomic mass is 10.2. The Labute approximate surface area is 202 Å². The third kappa shape index (κ3) is 6.49. The van der Waals surface area contributed by atoms with Gasteiger partial charge in [0, 0.05) is 12.1 Å². The van der Waals surface area contributed by atoms with E-state index < -0.39 is 17.7 Å². The van der Waals surface area contributed by atoms with Crippen molar-refractivity contribution in [2.45, 2.75) is 26.8 Å². The number of Topliss-reactive ketones (excluding diaryl/α,β-unsaturated/α-hetero) is 1. The summed E-state index contributed by atoms with van der Waals surface area (Å²) in [6.45, 7) is 5.55. The molecule has 0 aromatic heterocycles. The molecule has 0 bridgehead atoms. The molecule has 9 nitrogen and oxygen atoms in total. The number of ketones is 1. The topological polar surface area (TPSA) is 108 Å². The normalized spacial score (nSPS) is 11.7. The van der Waals surface area contributed by atoms with Crippen molar-refractivity contribution in [3.63, 3.8) is 0 Å². The maximum absolute atomic E-state index is 12.9. The molecular formula is C22H25Cl2N3O6. The van der Waals surface area contributed by atoms with Crippen molar-refractivity contribution in [1.29, 1.82) is 0 Å². The Morgan fingerprint density at radius 2 is 1.64 bits per heavy atom. The van der Waals surface area contributed by atoms with Gasteiger partial charge in [0.05, 0.1) is 43.2 Å². The van der Waals surface area contributed by atoms with Crippen LogP contribution in [-0.2, 0) is 9.59 Å². The minimum atomic E-state index is -1.46. The summed E-state index contributed by atoms with van der Waals surface area (Å²) in [7, 11) is 2.85. The molecule has 1 atom stereocenters. The first-order valence-corrected chi connectivity index (χ1v) is 10.7. The van der Waals surface area contributed by atoms with E-state index in [2.05, 4.69) is 15.5 Å². The van der Waals surface area contributed by atoms with E-state index in [0.29, 0.717) is 29.7 Å². The van der Waals surface area contributed by atoms with Gasteiger partial charge in [0.25, 0.3) is 5.91 Å². The van der Waals surface area contributed by atoms with Gasteiger partial charge in [-0.05, 0) is 32.9 Å². The fourth-order valence-electron chi connectivity index (χ4n) is 2.77. The number of hydrogen-bond acceptors (Lipinski definition) is 8. The van der Waals surface area contributed by atoms with Gasteiger partial charge in [-0.3, -0.25) is 9.59 Å². The highest BCUT2D eigenvalue weighted by molar-refractivity contribution is 6.33. The van der Waals surface area contributed by atoms with Crippen molar-refractivity contribution in [3.8, 4) is 23.0 Å². The monoisotopic (exact) mass is 497 g/mol. The molecular weight excluding hydrogens is 473 g/mol. The summed E-state index contributed by atoms with van der Waals surface area (Å²) in [5.41, 5.74) is 0.394. The Kier molecular flexibility index (Phi) is 9.74. The predicted octanol–water partition coefficient (Wildman–Crippen LogP) is 5.49. The van der Waals surface area contributed by atoms with Gasteiger partial charge < -0.3 is 24.3 Å². The Balaban J connectivity index is 2.40. The lowest BCUT2D eigenvalue weighted by Crippen LogP contribution is -2.32. The zero-order valence-corrected chi connectivity index (χ0v) is 20.4. The van der Waals surface area contributed by atoms with Crippen molar-refractivity contribution < 1.29 is 28.5 Å². The number of azo groups is 1. The van der Waals surface area contributed by atoms with Crippen LogP contribution in [0.25, 0.3) is 0 Å². The minimum Gasteiger partial charge on any atom is -0.495 e. The molecule has 1 amide bonds. The fraction of sp³-hybridized carbons (Fsp3) is 0.364. The van der Waals surface area contributed by atoms with Gasteiger partial charge in [-0.25, -0.2) is 0 Å². The van der Waals surface area contributed by atoms with E-state index in [4.69, 9.17) is 42.1 Å². The first-order chi connectivity index (χ1) is 15.8. The molecule has 0 heterocycles.